The van der Waals surface area contributed by atoms with Crippen molar-refractivity contribution in [2.24, 2.45) is 4.99 Å². The number of nitrogens with one attached hydrogen (secondary N) is 2. The van der Waals surface area contributed by atoms with Crippen LogP contribution in [0.15, 0.2) is 29.3 Å². The lowest BCUT2D eigenvalue weighted by atomic mass is 10.1. The molecule has 1 unspecified atom stereocenters. The fraction of sp³-hybridized carbons (Fsp3) is 0.636. The molecule has 1 amide bonds. The minimum absolute atomic E-state index is 0. The second-order valence-corrected chi connectivity index (χ2v) is 7.62. The molecule has 0 radical (unpaired) electrons. The average Bonchev–Trinajstić information content (AvgIpc) is 3.29. The van der Waals surface area contributed by atoms with Gasteiger partial charge in [0.15, 0.2) is 5.96 Å². The molecule has 2 aliphatic rings. The third-order valence-corrected chi connectivity index (χ3v) is 5.36. The molecule has 0 spiro atoms. The van der Waals surface area contributed by atoms with E-state index in [0.29, 0.717) is 6.54 Å². The number of carbonyl (C=O) groups is 1. The first-order valence-electron chi connectivity index (χ1n) is 10.8. The van der Waals surface area contributed by atoms with Gasteiger partial charge in [0.05, 0.1) is 12.7 Å². The monoisotopic (exact) mass is 530 g/mol. The second kappa shape index (κ2) is 13.8. The van der Waals surface area contributed by atoms with Gasteiger partial charge < -0.3 is 25.0 Å². The number of rotatable bonds is 8. The van der Waals surface area contributed by atoms with E-state index in [1.54, 1.807) is 7.05 Å². The fourth-order valence-electron chi connectivity index (χ4n) is 3.67. The summed E-state index contributed by atoms with van der Waals surface area (Å²) >= 11 is 0. The van der Waals surface area contributed by atoms with Crippen molar-refractivity contribution in [2.45, 2.75) is 44.8 Å². The molecule has 168 valence electrons. The van der Waals surface area contributed by atoms with Gasteiger partial charge in [0.1, 0.15) is 0 Å². The number of benzene rings is 1. The van der Waals surface area contributed by atoms with Crippen molar-refractivity contribution in [2.75, 3.05) is 46.5 Å². The Morgan fingerprint density at radius 3 is 2.83 bits per heavy atom. The van der Waals surface area contributed by atoms with Crippen LogP contribution in [0.3, 0.4) is 0 Å². The summed E-state index contributed by atoms with van der Waals surface area (Å²) in [7, 11) is 1.76. The lowest BCUT2D eigenvalue weighted by Gasteiger charge is -2.26. The highest BCUT2D eigenvalue weighted by Crippen LogP contribution is 2.14. The van der Waals surface area contributed by atoms with Gasteiger partial charge in [0.2, 0.25) is 0 Å². The number of carbonyl (C=O) groups excluding carboxylic acids is 1. The van der Waals surface area contributed by atoms with Gasteiger partial charge in [-0.15, -0.1) is 24.0 Å². The zero-order valence-electron chi connectivity index (χ0n) is 17.9. The molecule has 1 aromatic carbocycles. The van der Waals surface area contributed by atoms with Crippen LogP contribution in [-0.2, 0) is 16.0 Å². The first kappa shape index (κ1) is 24.9. The maximum atomic E-state index is 12.7. The van der Waals surface area contributed by atoms with Crippen molar-refractivity contribution in [1.82, 2.24) is 15.5 Å². The highest BCUT2D eigenvalue weighted by molar-refractivity contribution is 14.0. The third-order valence-electron chi connectivity index (χ3n) is 5.36. The maximum Gasteiger partial charge on any atom is 0.253 e. The summed E-state index contributed by atoms with van der Waals surface area (Å²) in [5.41, 5.74) is 1.84. The van der Waals surface area contributed by atoms with Gasteiger partial charge in [-0.2, -0.15) is 0 Å². The van der Waals surface area contributed by atoms with Crippen molar-refractivity contribution < 1.29 is 14.3 Å². The van der Waals surface area contributed by atoms with E-state index in [0.717, 1.165) is 82.2 Å². The van der Waals surface area contributed by atoms with E-state index in [1.807, 2.05) is 29.2 Å². The quantitative estimate of drug-likeness (QED) is 0.234. The van der Waals surface area contributed by atoms with Crippen molar-refractivity contribution in [1.29, 1.82) is 0 Å². The van der Waals surface area contributed by atoms with Crippen molar-refractivity contribution >= 4 is 35.8 Å². The fourth-order valence-corrected chi connectivity index (χ4v) is 3.67. The van der Waals surface area contributed by atoms with Gasteiger partial charge in [-0.1, -0.05) is 12.1 Å². The maximum absolute atomic E-state index is 12.7. The van der Waals surface area contributed by atoms with Crippen LogP contribution >= 0.6 is 24.0 Å². The molecule has 0 saturated carbocycles. The number of likely N-dealkylation sites (tertiary alicyclic amines) is 1. The van der Waals surface area contributed by atoms with Gasteiger partial charge >= 0.3 is 0 Å². The molecule has 0 aromatic heterocycles. The molecule has 3 rings (SSSR count). The highest BCUT2D eigenvalue weighted by atomic mass is 127. The molecule has 2 heterocycles. The highest BCUT2D eigenvalue weighted by Gasteiger charge is 2.18. The summed E-state index contributed by atoms with van der Waals surface area (Å²) in [6.45, 7) is 5.40. The van der Waals surface area contributed by atoms with Gasteiger partial charge in [-0.05, 0) is 49.8 Å². The van der Waals surface area contributed by atoms with E-state index < -0.39 is 0 Å². The van der Waals surface area contributed by atoms with E-state index in [4.69, 9.17) is 9.47 Å². The number of hydrogen-bond acceptors (Lipinski definition) is 4. The summed E-state index contributed by atoms with van der Waals surface area (Å²) in [6.07, 6.45) is 5.60. The second-order valence-electron chi connectivity index (χ2n) is 7.62. The Morgan fingerprint density at radius 2 is 2.10 bits per heavy atom. The molecule has 2 aliphatic heterocycles. The number of nitrogens with zero attached hydrogens (tertiary/aromatic N) is 2. The number of guanidine groups is 1. The normalized spacial score (nSPS) is 19.3. The standard InChI is InChI=1S/C22H34N4O3.HI/c1-23-22(24-10-6-13-29-20-9-14-28-17-20)25-16-18-7-5-8-19(15-18)21(27)26-11-3-2-4-12-26;/h5,7-8,15,20H,2-4,6,9-14,16-17H2,1H3,(H2,23,24,25);1H. The molecule has 2 saturated heterocycles. The number of halogens is 1. The SMILES string of the molecule is CN=C(NCCCOC1CCOC1)NCc1cccc(C(=O)N2CCCCC2)c1.I. The largest absolute Gasteiger partial charge is 0.379 e. The topological polar surface area (TPSA) is 75.2 Å². The Labute approximate surface area is 197 Å². The van der Waals surface area contributed by atoms with Gasteiger partial charge in [0.25, 0.3) is 5.91 Å². The molecule has 8 heteroatoms. The minimum atomic E-state index is 0. The van der Waals surface area contributed by atoms with Crippen molar-refractivity contribution in [3.05, 3.63) is 35.4 Å². The van der Waals surface area contributed by atoms with E-state index in [1.165, 1.54) is 6.42 Å². The summed E-state index contributed by atoms with van der Waals surface area (Å²) < 4.78 is 11.1. The summed E-state index contributed by atoms with van der Waals surface area (Å²) in [6, 6.07) is 7.87. The van der Waals surface area contributed by atoms with Crippen LogP contribution in [0.25, 0.3) is 0 Å². The first-order valence-corrected chi connectivity index (χ1v) is 10.8. The predicted octanol–water partition coefficient (Wildman–Crippen LogP) is 2.79. The van der Waals surface area contributed by atoms with Crippen molar-refractivity contribution in [3.8, 4) is 0 Å². The molecule has 30 heavy (non-hydrogen) atoms. The Kier molecular flexibility index (Phi) is 11.5. The molecular formula is C22H35IN4O3. The molecule has 1 aromatic rings. The third kappa shape index (κ3) is 8.03. The molecule has 0 bridgehead atoms. The van der Waals surface area contributed by atoms with E-state index in [9.17, 15) is 4.79 Å². The lowest BCUT2D eigenvalue weighted by Crippen LogP contribution is -2.38. The number of ether oxygens (including phenoxy) is 2. The molecule has 7 nitrogen and oxygen atoms in total. The number of piperidine rings is 1. The molecule has 0 aliphatic carbocycles. The smallest absolute Gasteiger partial charge is 0.253 e. The Morgan fingerprint density at radius 1 is 1.27 bits per heavy atom. The van der Waals surface area contributed by atoms with Crippen LogP contribution < -0.4 is 10.6 Å². The van der Waals surface area contributed by atoms with E-state index >= 15 is 0 Å². The first-order chi connectivity index (χ1) is 14.3. The van der Waals surface area contributed by atoms with Gasteiger partial charge in [-0.3, -0.25) is 9.79 Å². The Balaban J connectivity index is 0.00000320. The lowest BCUT2D eigenvalue weighted by molar-refractivity contribution is 0.0420. The van der Waals surface area contributed by atoms with Crippen LogP contribution in [0.1, 0.15) is 48.0 Å². The zero-order chi connectivity index (χ0) is 20.3. The molecular weight excluding hydrogens is 495 g/mol. The van der Waals surface area contributed by atoms with Crippen LogP contribution in [0.5, 0.6) is 0 Å². The number of aliphatic imine (C=N–C) groups is 1. The number of hydrogen-bond donors (Lipinski definition) is 2. The van der Waals surface area contributed by atoms with Crippen LogP contribution in [-0.4, -0.2) is 69.4 Å². The molecule has 2 fully saturated rings. The molecule has 1 atom stereocenters. The van der Waals surface area contributed by atoms with Crippen LogP contribution in [0.2, 0.25) is 0 Å². The average molecular weight is 530 g/mol. The summed E-state index contributed by atoms with van der Waals surface area (Å²) in [5, 5.41) is 6.62. The Hall–Kier alpha value is -1.39. The van der Waals surface area contributed by atoms with Crippen molar-refractivity contribution in [3.63, 3.8) is 0 Å². The van der Waals surface area contributed by atoms with E-state index in [2.05, 4.69) is 15.6 Å². The van der Waals surface area contributed by atoms with Gasteiger partial charge in [-0.25, -0.2) is 0 Å². The minimum Gasteiger partial charge on any atom is -0.379 e. The number of amides is 1. The van der Waals surface area contributed by atoms with E-state index in [-0.39, 0.29) is 36.0 Å². The summed E-state index contributed by atoms with van der Waals surface area (Å²) in [5.74, 6) is 0.892. The summed E-state index contributed by atoms with van der Waals surface area (Å²) in [4.78, 5) is 18.9. The van der Waals surface area contributed by atoms with Gasteiger partial charge in [0, 0.05) is 52.0 Å². The predicted molar refractivity (Wildman–Crippen MR) is 130 cm³/mol. The van der Waals surface area contributed by atoms with Crippen LogP contribution in [0.4, 0.5) is 0 Å². The van der Waals surface area contributed by atoms with Crippen LogP contribution in [0, 0.1) is 0 Å². The zero-order valence-corrected chi connectivity index (χ0v) is 20.2. The molecule has 2 N–H and O–H groups in total. The Bertz CT molecular complexity index is 674.